The molecule has 0 aliphatic carbocycles. The summed E-state index contributed by atoms with van der Waals surface area (Å²) in [6.07, 6.45) is 4.97. The van der Waals surface area contributed by atoms with Crippen LogP contribution < -0.4 is 4.90 Å². The predicted molar refractivity (Wildman–Crippen MR) is 94.9 cm³/mol. The van der Waals surface area contributed by atoms with Crippen LogP contribution in [0.15, 0.2) is 42.9 Å². The third kappa shape index (κ3) is 3.02. The summed E-state index contributed by atoms with van der Waals surface area (Å²) < 4.78 is 13.2. The molecule has 130 valence electrons. The fourth-order valence-electron chi connectivity index (χ4n) is 3.53. The molecule has 0 atom stereocenters. The first-order chi connectivity index (χ1) is 12.8. The van der Waals surface area contributed by atoms with Gasteiger partial charge in [0.05, 0.1) is 11.3 Å². The predicted octanol–water partition coefficient (Wildman–Crippen LogP) is 3.26. The van der Waals surface area contributed by atoms with Gasteiger partial charge in [-0.25, -0.2) is 4.98 Å². The number of pyridine rings is 1. The average Bonchev–Trinajstić information content (AvgIpc) is 3.23. The zero-order chi connectivity index (χ0) is 17.9. The zero-order valence-corrected chi connectivity index (χ0v) is 14.1. The molecule has 0 radical (unpaired) electrons. The van der Waals surface area contributed by atoms with E-state index in [9.17, 15) is 9.65 Å². The molecule has 4 rings (SSSR count). The summed E-state index contributed by atoms with van der Waals surface area (Å²) in [6, 6.07) is 10.9. The largest absolute Gasteiger partial charge is 0.370 e. The topological polar surface area (TPSA) is 81.5 Å². The lowest BCUT2D eigenvalue weighted by atomic mass is 9.93. The third-order valence-corrected chi connectivity index (χ3v) is 4.83. The summed E-state index contributed by atoms with van der Waals surface area (Å²) in [5.74, 6) is 0.750. The lowest BCUT2D eigenvalue weighted by molar-refractivity contribution is 0.487. The van der Waals surface area contributed by atoms with E-state index in [2.05, 4.69) is 31.1 Å². The summed E-state index contributed by atoms with van der Waals surface area (Å²) in [5, 5.41) is 17.6. The summed E-state index contributed by atoms with van der Waals surface area (Å²) in [5.41, 5.74) is 3.20. The minimum atomic E-state index is -0.514. The van der Waals surface area contributed by atoms with Gasteiger partial charge in [0.25, 0.3) is 0 Å². The quantitative estimate of drug-likeness (QED) is 0.735. The van der Waals surface area contributed by atoms with Gasteiger partial charge in [-0.1, -0.05) is 12.1 Å². The van der Waals surface area contributed by atoms with Gasteiger partial charge < -0.3 is 9.88 Å². The SMILES string of the molecule is N#Cc1cccc(-c2ccc(F)nc2)c1N1CCC(c2nnc[nH]2)CC1. The van der Waals surface area contributed by atoms with Crippen LogP contribution in [-0.4, -0.2) is 33.3 Å². The molecule has 0 spiro atoms. The fourth-order valence-corrected chi connectivity index (χ4v) is 3.53. The number of para-hydroxylation sites is 1. The van der Waals surface area contributed by atoms with Gasteiger partial charge in [0.15, 0.2) is 0 Å². The maximum atomic E-state index is 13.2. The van der Waals surface area contributed by atoms with Crippen LogP contribution in [0.1, 0.15) is 30.1 Å². The second kappa shape index (κ2) is 6.92. The average molecular weight is 348 g/mol. The van der Waals surface area contributed by atoms with Crippen molar-refractivity contribution in [2.45, 2.75) is 18.8 Å². The Bertz CT molecular complexity index is 922. The molecule has 1 saturated heterocycles. The first-order valence-corrected chi connectivity index (χ1v) is 8.52. The maximum absolute atomic E-state index is 13.2. The number of rotatable bonds is 3. The zero-order valence-electron chi connectivity index (χ0n) is 14.1. The molecule has 3 aromatic rings. The van der Waals surface area contributed by atoms with Gasteiger partial charge in [-0.2, -0.15) is 9.65 Å². The van der Waals surface area contributed by atoms with E-state index in [0.29, 0.717) is 11.5 Å². The van der Waals surface area contributed by atoms with Crippen LogP contribution in [0.5, 0.6) is 0 Å². The van der Waals surface area contributed by atoms with Gasteiger partial charge in [0.1, 0.15) is 18.2 Å². The molecule has 1 fully saturated rings. The van der Waals surface area contributed by atoms with Gasteiger partial charge in [0, 0.05) is 36.3 Å². The number of hydrogen-bond donors (Lipinski definition) is 1. The molecule has 1 N–H and O–H groups in total. The van der Waals surface area contributed by atoms with Gasteiger partial charge in [-0.05, 0) is 31.0 Å². The molecule has 0 saturated carbocycles. The van der Waals surface area contributed by atoms with Crippen molar-refractivity contribution in [3.05, 3.63) is 60.2 Å². The Hall–Kier alpha value is -3.27. The molecule has 1 aliphatic heterocycles. The molecule has 0 unspecified atom stereocenters. The first-order valence-electron chi connectivity index (χ1n) is 8.52. The second-order valence-corrected chi connectivity index (χ2v) is 6.32. The first kappa shape index (κ1) is 16.2. The van der Waals surface area contributed by atoms with Crippen molar-refractivity contribution in [3.8, 4) is 17.2 Å². The highest BCUT2D eigenvalue weighted by molar-refractivity contribution is 5.82. The smallest absolute Gasteiger partial charge is 0.212 e. The lowest BCUT2D eigenvalue weighted by Gasteiger charge is -2.34. The molecule has 6 nitrogen and oxygen atoms in total. The van der Waals surface area contributed by atoms with Crippen LogP contribution in [0.4, 0.5) is 10.1 Å². The van der Waals surface area contributed by atoms with Crippen LogP contribution in [0, 0.1) is 17.3 Å². The normalized spacial score (nSPS) is 15.0. The molecule has 1 aromatic carbocycles. The number of nitrogens with one attached hydrogen (secondary N) is 1. The van der Waals surface area contributed by atoms with Crippen LogP contribution in [0.2, 0.25) is 0 Å². The van der Waals surface area contributed by atoms with Gasteiger partial charge in [-0.3, -0.25) is 0 Å². The number of benzene rings is 1. The number of piperidine rings is 1. The summed E-state index contributed by atoms with van der Waals surface area (Å²) in [7, 11) is 0. The molecule has 0 bridgehead atoms. The van der Waals surface area contributed by atoms with Gasteiger partial charge in [0.2, 0.25) is 5.95 Å². The number of aromatic amines is 1. The molecule has 2 aromatic heterocycles. The highest BCUT2D eigenvalue weighted by atomic mass is 19.1. The van der Waals surface area contributed by atoms with Crippen molar-refractivity contribution < 1.29 is 4.39 Å². The third-order valence-electron chi connectivity index (χ3n) is 4.83. The van der Waals surface area contributed by atoms with Crippen LogP contribution >= 0.6 is 0 Å². The Labute approximate surface area is 150 Å². The molecular formula is C19H17FN6. The number of halogens is 1. The van der Waals surface area contributed by atoms with E-state index in [-0.39, 0.29) is 0 Å². The van der Waals surface area contributed by atoms with Crippen molar-refractivity contribution in [2.24, 2.45) is 0 Å². The minimum absolute atomic E-state index is 0.346. The minimum Gasteiger partial charge on any atom is -0.370 e. The van der Waals surface area contributed by atoms with E-state index < -0.39 is 5.95 Å². The number of H-pyrrole nitrogens is 1. The Morgan fingerprint density at radius 3 is 2.69 bits per heavy atom. The Morgan fingerprint density at radius 1 is 1.19 bits per heavy atom. The summed E-state index contributed by atoms with van der Waals surface area (Å²) in [6.45, 7) is 1.62. The van der Waals surface area contributed by atoms with Crippen molar-refractivity contribution in [2.75, 3.05) is 18.0 Å². The van der Waals surface area contributed by atoms with Crippen molar-refractivity contribution in [1.29, 1.82) is 5.26 Å². The Kier molecular flexibility index (Phi) is 4.32. The van der Waals surface area contributed by atoms with Crippen LogP contribution in [0.3, 0.4) is 0 Å². The van der Waals surface area contributed by atoms with E-state index in [1.165, 1.54) is 12.3 Å². The number of anilines is 1. The highest BCUT2D eigenvalue weighted by Gasteiger charge is 2.26. The second-order valence-electron chi connectivity index (χ2n) is 6.32. The monoisotopic (exact) mass is 348 g/mol. The van der Waals surface area contributed by atoms with E-state index in [4.69, 9.17) is 0 Å². The van der Waals surface area contributed by atoms with E-state index in [1.807, 2.05) is 18.2 Å². The highest BCUT2D eigenvalue weighted by Crippen LogP contribution is 2.37. The van der Waals surface area contributed by atoms with Crippen LogP contribution in [0.25, 0.3) is 11.1 Å². The molecule has 7 heteroatoms. The number of aromatic nitrogens is 4. The van der Waals surface area contributed by atoms with Crippen molar-refractivity contribution >= 4 is 5.69 Å². The number of nitrogens with zero attached hydrogens (tertiary/aromatic N) is 5. The van der Waals surface area contributed by atoms with Gasteiger partial charge in [-0.15, -0.1) is 10.2 Å². The van der Waals surface area contributed by atoms with E-state index >= 15 is 0 Å². The van der Waals surface area contributed by atoms with Crippen molar-refractivity contribution in [1.82, 2.24) is 20.2 Å². The lowest BCUT2D eigenvalue weighted by Crippen LogP contribution is -2.34. The summed E-state index contributed by atoms with van der Waals surface area (Å²) in [4.78, 5) is 9.07. The number of nitriles is 1. The van der Waals surface area contributed by atoms with Gasteiger partial charge >= 0.3 is 0 Å². The Balaban J connectivity index is 1.66. The van der Waals surface area contributed by atoms with E-state index in [0.717, 1.165) is 48.6 Å². The molecule has 26 heavy (non-hydrogen) atoms. The summed E-state index contributed by atoms with van der Waals surface area (Å²) >= 11 is 0. The molecule has 3 heterocycles. The number of hydrogen-bond acceptors (Lipinski definition) is 5. The van der Waals surface area contributed by atoms with Crippen LogP contribution in [-0.2, 0) is 0 Å². The molecule has 0 amide bonds. The standard InChI is InChI=1S/C19H17FN6/c20-17-5-4-15(11-22-17)16-3-1-2-14(10-21)18(16)26-8-6-13(7-9-26)19-23-12-24-25-19/h1-5,11-13H,6-9H2,(H,23,24,25). The molecular weight excluding hydrogens is 331 g/mol. The molecule has 1 aliphatic rings. The van der Waals surface area contributed by atoms with Crippen molar-refractivity contribution in [3.63, 3.8) is 0 Å². The maximum Gasteiger partial charge on any atom is 0.212 e. The van der Waals surface area contributed by atoms with E-state index in [1.54, 1.807) is 12.4 Å². The Morgan fingerprint density at radius 2 is 2.04 bits per heavy atom. The fraction of sp³-hybridized carbons (Fsp3) is 0.263.